The first-order valence-electron chi connectivity index (χ1n) is 9.82. The molecular weight excluding hydrogens is 435 g/mol. The minimum atomic E-state index is -4.78. The van der Waals surface area contributed by atoms with Crippen molar-refractivity contribution >= 4 is 17.4 Å². The Balaban J connectivity index is 1.93. The molecular formula is C21H19F5N4O2. The highest BCUT2D eigenvalue weighted by Gasteiger charge is 2.49. The molecule has 32 heavy (non-hydrogen) atoms. The summed E-state index contributed by atoms with van der Waals surface area (Å²) in [6.07, 6.45) is -4.78. The van der Waals surface area contributed by atoms with Crippen LogP contribution in [-0.2, 0) is 16.4 Å². The summed E-state index contributed by atoms with van der Waals surface area (Å²) in [6.45, 7) is 4.72. The van der Waals surface area contributed by atoms with Crippen LogP contribution >= 0.6 is 0 Å². The van der Waals surface area contributed by atoms with Crippen LogP contribution in [0.5, 0.6) is 0 Å². The van der Waals surface area contributed by atoms with Gasteiger partial charge < -0.3 is 9.80 Å². The van der Waals surface area contributed by atoms with Gasteiger partial charge in [0.05, 0.1) is 23.5 Å². The summed E-state index contributed by atoms with van der Waals surface area (Å²) >= 11 is 0. The molecule has 170 valence electrons. The number of halogens is 5. The molecule has 0 saturated heterocycles. The van der Waals surface area contributed by atoms with Gasteiger partial charge in [-0.2, -0.15) is 18.3 Å². The van der Waals surface area contributed by atoms with Crippen molar-refractivity contribution in [2.24, 2.45) is 0 Å². The number of aromatic nitrogens is 2. The highest BCUT2D eigenvalue weighted by Crippen LogP contribution is 2.45. The Morgan fingerprint density at radius 3 is 2.50 bits per heavy atom. The van der Waals surface area contributed by atoms with Crippen LogP contribution in [0.2, 0.25) is 0 Å². The number of H-pyrrole nitrogens is 1. The first kappa shape index (κ1) is 22.0. The number of benzene rings is 1. The molecule has 0 spiro atoms. The molecule has 0 bridgehead atoms. The lowest BCUT2D eigenvalue weighted by molar-refractivity contribution is -0.142. The number of nitrogens with one attached hydrogen (secondary N) is 1. The van der Waals surface area contributed by atoms with E-state index in [-0.39, 0.29) is 47.7 Å². The number of likely N-dealkylation sites (N-methyl/N-ethyl adjacent to an activating group) is 1. The molecule has 2 amide bonds. The molecule has 4 rings (SSSR count). The second-order valence-electron chi connectivity index (χ2n) is 8.37. The fraction of sp³-hybridized carbons (Fsp3) is 0.381. The Bertz CT molecular complexity index is 1170. The average Bonchev–Trinajstić information content (AvgIpc) is 3.27. The van der Waals surface area contributed by atoms with Crippen molar-refractivity contribution < 1.29 is 31.5 Å². The van der Waals surface area contributed by atoms with Gasteiger partial charge in [0.1, 0.15) is 0 Å². The van der Waals surface area contributed by atoms with Gasteiger partial charge in [0, 0.05) is 29.6 Å². The second kappa shape index (κ2) is 7.14. The highest BCUT2D eigenvalue weighted by molar-refractivity contribution is 6.23. The van der Waals surface area contributed by atoms with E-state index in [1.165, 1.54) is 23.6 Å². The van der Waals surface area contributed by atoms with Gasteiger partial charge in [0.2, 0.25) is 0 Å². The highest BCUT2D eigenvalue weighted by atomic mass is 19.4. The first-order chi connectivity index (χ1) is 14.9. The van der Waals surface area contributed by atoms with Gasteiger partial charge in [-0.25, -0.2) is 8.78 Å². The average molecular weight is 454 g/mol. The molecule has 0 fully saturated rings. The van der Waals surface area contributed by atoms with Crippen molar-refractivity contribution in [2.45, 2.75) is 32.4 Å². The van der Waals surface area contributed by atoms with E-state index in [0.717, 1.165) is 18.2 Å². The van der Waals surface area contributed by atoms with Crippen molar-refractivity contribution in [1.29, 1.82) is 0 Å². The third kappa shape index (κ3) is 3.26. The van der Waals surface area contributed by atoms with E-state index in [4.69, 9.17) is 0 Å². The molecule has 1 aromatic heterocycles. The molecule has 2 aliphatic heterocycles. The van der Waals surface area contributed by atoms with Crippen molar-refractivity contribution in [3.05, 3.63) is 58.0 Å². The summed E-state index contributed by atoms with van der Waals surface area (Å²) in [5.41, 5.74) is -2.81. The zero-order chi connectivity index (χ0) is 23.6. The predicted octanol–water partition coefficient (Wildman–Crippen LogP) is 3.71. The Morgan fingerprint density at radius 1 is 1.22 bits per heavy atom. The topological polar surface area (TPSA) is 69.3 Å². The fourth-order valence-corrected chi connectivity index (χ4v) is 4.28. The van der Waals surface area contributed by atoms with E-state index in [9.17, 15) is 31.5 Å². The van der Waals surface area contributed by atoms with Crippen LogP contribution in [0.3, 0.4) is 0 Å². The molecule has 1 N–H and O–H groups in total. The summed E-state index contributed by atoms with van der Waals surface area (Å²) in [4.78, 5) is 28.9. The maximum absolute atomic E-state index is 13.8. The van der Waals surface area contributed by atoms with Crippen LogP contribution in [0, 0.1) is 11.6 Å². The van der Waals surface area contributed by atoms with Crippen molar-refractivity contribution in [3.63, 3.8) is 0 Å². The summed E-state index contributed by atoms with van der Waals surface area (Å²) in [7, 11) is 0. The number of amides is 2. The summed E-state index contributed by atoms with van der Waals surface area (Å²) in [6, 6.07) is 2.62. The van der Waals surface area contributed by atoms with Crippen LogP contribution in [0.25, 0.3) is 5.57 Å². The van der Waals surface area contributed by atoms with Crippen LogP contribution in [0.1, 0.15) is 48.1 Å². The maximum Gasteiger partial charge on any atom is 0.435 e. The lowest BCUT2D eigenvalue weighted by Crippen LogP contribution is -2.42. The maximum atomic E-state index is 13.8. The van der Waals surface area contributed by atoms with Gasteiger partial charge >= 0.3 is 6.18 Å². The number of alkyl halides is 3. The van der Waals surface area contributed by atoms with Crippen LogP contribution in [-0.4, -0.2) is 51.4 Å². The molecule has 6 nitrogen and oxygen atoms in total. The van der Waals surface area contributed by atoms with E-state index >= 15 is 0 Å². The van der Waals surface area contributed by atoms with E-state index in [2.05, 4.69) is 10.2 Å². The Morgan fingerprint density at radius 2 is 1.91 bits per heavy atom. The minimum absolute atomic E-state index is 0.0179. The third-order valence-corrected chi connectivity index (χ3v) is 5.76. The molecule has 11 heteroatoms. The monoisotopic (exact) mass is 454 g/mol. The summed E-state index contributed by atoms with van der Waals surface area (Å²) in [5, 5.41) is 5.82. The van der Waals surface area contributed by atoms with E-state index in [0.29, 0.717) is 0 Å². The van der Waals surface area contributed by atoms with E-state index in [1.54, 1.807) is 6.92 Å². The van der Waals surface area contributed by atoms with Gasteiger partial charge in [-0.3, -0.25) is 14.7 Å². The molecule has 0 atom stereocenters. The SMILES string of the molecule is CCN1CC2=C(C1=O)c1[nH]nc(C(F)(F)F)c1C(C)(C)CN2C(=O)c1ccc(F)c(F)c1. The Labute approximate surface area is 179 Å². The van der Waals surface area contributed by atoms with Crippen LogP contribution in [0.15, 0.2) is 23.9 Å². The third-order valence-electron chi connectivity index (χ3n) is 5.76. The Hall–Kier alpha value is -3.24. The van der Waals surface area contributed by atoms with Gasteiger partial charge in [-0.1, -0.05) is 13.8 Å². The number of rotatable bonds is 2. The number of fused-ring (bicyclic) bond motifs is 2. The van der Waals surface area contributed by atoms with Gasteiger partial charge in [-0.05, 0) is 25.1 Å². The van der Waals surface area contributed by atoms with Gasteiger partial charge in [-0.15, -0.1) is 0 Å². The quantitative estimate of drug-likeness (QED) is 0.704. The zero-order valence-corrected chi connectivity index (χ0v) is 17.4. The smallest absolute Gasteiger partial charge is 0.333 e. The molecule has 3 heterocycles. The lowest BCUT2D eigenvalue weighted by Gasteiger charge is -2.33. The standard InChI is InChI=1S/C21H19F5N4O2/c1-4-29-8-13-14(19(29)32)16-15(17(28-27-16)21(24,25)26)20(2,3)9-30(13)18(31)10-5-6-11(22)12(23)7-10/h5-7H,4,8-9H2,1-3H3,(H,27,28). The van der Waals surface area contributed by atoms with Crippen LogP contribution in [0.4, 0.5) is 22.0 Å². The molecule has 1 aromatic carbocycles. The number of carbonyl (C=O) groups excluding carboxylic acids is 2. The van der Waals surface area contributed by atoms with Crippen molar-refractivity contribution in [1.82, 2.24) is 20.0 Å². The Kier molecular flexibility index (Phi) is 4.90. The van der Waals surface area contributed by atoms with Gasteiger partial charge in [0.25, 0.3) is 11.8 Å². The summed E-state index contributed by atoms with van der Waals surface area (Å²) < 4.78 is 68.3. The molecule has 0 aliphatic carbocycles. The van der Waals surface area contributed by atoms with Crippen molar-refractivity contribution in [2.75, 3.05) is 19.6 Å². The predicted molar refractivity (Wildman–Crippen MR) is 103 cm³/mol. The number of nitrogens with zero attached hydrogens (tertiary/aromatic N) is 3. The van der Waals surface area contributed by atoms with Crippen LogP contribution < -0.4 is 0 Å². The number of aromatic amines is 1. The molecule has 2 aromatic rings. The minimum Gasteiger partial charge on any atom is -0.333 e. The zero-order valence-electron chi connectivity index (χ0n) is 17.4. The normalized spacial score (nSPS) is 18.1. The molecule has 0 saturated carbocycles. The molecule has 2 aliphatic rings. The first-order valence-corrected chi connectivity index (χ1v) is 9.82. The van der Waals surface area contributed by atoms with E-state index in [1.807, 2.05) is 0 Å². The second-order valence-corrected chi connectivity index (χ2v) is 8.37. The number of carbonyl (C=O) groups is 2. The summed E-state index contributed by atoms with van der Waals surface area (Å²) in [5.74, 6) is -3.66. The van der Waals surface area contributed by atoms with Gasteiger partial charge in [0.15, 0.2) is 17.3 Å². The van der Waals surface area contributed by atoms with Crippen molar-refractivity contribution in [3.8, 4) is 0 Å². The number of hydrogen-bond acceptors (Lipinski definition) is 3. The molecule has 0 radical (unpaired) electrons. The lowest BCUT2D eigenvalue weighted by atomic mass is 9.81. The largest absolute Gasteiger partial charge is 0.435 e. The fourth-order valence-electron chi connectivity index (χ4n) is 4.28. The number of hydrogen-bond donors (Lipinski definition) is 1. The molecule has 0 unspecified atom stereocenters. The van der Waals surface area contributed by atoms with E-state index < -0.39 is 40.7 Å².